The molecule has 0 fully saturated rings. The molecule has 0 unspecified atom stereocenters. The molecule has 0 radical (unpaired) electrons. The zero-order valence-corrected chi connectivity index (χ0v) is 10.2. The summed E-state index contributed by atoms with van der Waals surface area (Å²) in [4.78, 5) is 0.419. The summed E-state index contributed by atoms with van der Waals surface area (Å²) in [7, 11) is 0. The van der Waals surface area contributed by atoms with E-state index >= 15 is 0 Å². The third-order valence-corrected chi connectivity index (χ3v) is 2.50. The van der Waals surface area contributed by atoms with E-state index in [-0.39, 0.29) is 0 Å². The Morgan fingerprint density at radius 3 is 2.71 bits per heavy atom. The van der Waals surface area contributed by atoms with Crippen molar-refractivity contribution >= 4 is 31.9 Å². The second-order valence-electron chi connectivity index (χ2n) is 2.76. The van der Waals surface area contributed by atoms with E-state index < -0.39 is 0 Å². The van der Waals surface area contributed by atoms with Gasteiger partial charge in [0.1, 0.15) is 0 Å². The van der Waals surface area contributed by atoms with Crippen LogP contribution < -0.4 is 0 Å². The topological polar surface area (TPSA) is 38.9 Å². The Balaban J connectivity index is 2.18. The van der Waals surface area contributed by atoms with Crippen molar-refractivity contribution in [3.63, 3.8) is 0 Å². The predicted molar refractivity (Wildman–Crippen MR) is 58.9 cm³/mol. The number of nitrogens with zero attached hydrogens (tertiary/aromatic N) is 2. The van der Waals surface area contributed by atoms with Crippen molar-refractivity contribution in [1.82, 2.24) is 10.2 Å². The molecular formula is C9H6Br2N2O. The Morgan fingerprint density at radius 1 is 1.21 bits per heavy atom. The number of hydrogen-bond donors (Lipinski definition) is 0. The first kappa shape index (κ1) is 9.86. The fraction of sp³-hybridized carbons (Fsp3) is 0.111. The first-order valence-corrected chi connectivity index (χ1v) is 5.55. The van der Waals surface area contributed by atoms with E-state index in [9.17, 15) is 0 Å². The van der Waals surface area contributed by atoms with Crippen LogP contribution in [-0.4, -0.2) is 10.2 Å². The fourth-order valence-corrected chi connectivity index (χ4v) is 1.84. The van der Waals surface area contributed by atoms with Crippen molar-refractivity contribution in [1.29, 1.82) is 0 Å². The number of benzene rings is 1. The van der Waals surface area contributed by atoms with Crippen LogP contribution in [0.15, 0.2) is 38.0 Å². The van der Waals surface area contributed by atoms with Gasteiger partial charge in [-0.05, 0) is 17.7 Å². The summed E-state index contributed by atoms with van der Waals surface area (Å²) < 4.78 is 6.26. The van der Waals surface area contributed by atoms with Crippen molar-refractivity contribution in [3.05, 3.63) is 45.0 Å². The van der Waals surface area contributed by atoms with Gasteiger partial charge in [0.25, 0.3) is 4.80 Å². The highest BCUT2D eigenvalue weighted by Crippen LogP contribution is 2.15. The van der Waals surface area contributed by atoms with Gasteiger partial charge in [-0.2, -0.15) is 0 Å². The molecule has 0 bridgehead atoms. The van der Waals surface area contributed by atoms with Crippen LogP contribution in [0.25, 0.3) is 0 Å². The Hall–Kier alpha value is -0.680. The average molecular weight is 318 g/mol. The van der Waals surface area contributed by atoms with Gasteiger partial charge in [0.2, 0.25) is 5.89 Å². The molecule has 0 spiro atoms. The Bertz CT molecular complexity index is 442. The van der Waals surface area contributed by atoms with E-state index in [1.807, 2.05) is 24.3 Å². The van der Waals surface area contributed by atoms with Crippen molar-refractivity contribution < 1.29 is 4.42 Å². The first-order valence-electron chi connectivity index (χ1n) is 3.96. The lowest BCUT2D eigenvalue weighted by Gasteiger charge is -1.96. The molecule has 1 aromatic carbocycles. The molecule has 2 aromatic rings. The van der Waals surface area contributed by atoms with Crippen molar-refractivity contribution in [2.45, 2.75) is 6.42 Å². The Kier molecular flexibility index (Phi) is 2.98. The largest absolute Gasteiger partial charge is 0.415 e. The molecule has 2 rings (SSSR count). The van der Waals surface area contributed by atoms with Gasteiger partial charge in [-0.15, -0.1) is 10.2 Å². The van der Waals surface area contributed by atoms with Gasteiger partial charge in [0.05, 0.1) is 6.42 Å². The minimum atomic E-state index is 0.419. The van der Waals surface area contributed by atoms with Crippen LogP contribution in [-0.2, 0) is 6.42 Å². The predicted octanol–water partition coefficient (Wildman–Crippen LogP) is 3.19. The number of halogens is 2. The van der Waals surface area contributed by atoms with Crippen LogP contribution in [0, 0.1) is 0 Å². The van der Waals surface area contributed by atoms with E-state index in [1.165, 1.54) is 0 Å². The van der Waals surface area contributed by atoms with Crippen LogP contribution in [0.2, 0.25) is 0 Å². The molecule has 1 heterocycles. The maximum absolute atomic E-state index is 5.21. The van der Waals surface area contributed by atoms with E-state index in [0.717, 1.165) is 10.0 Å². The van der Waals surface area contributed by atoms with Crippen molar-refractivity contribution in [2.24, 2.45) is 0 Å². The van der Waals surface area contributed by atoms with E-state index in [1.54, 1.807) is 0 Å². The highest BCUT2D eigenvalue weighted by Gasteiger charge is 2.04. The van der Waals surface area contributed by atoms with Crippen LogP contribution in [0.3, 0.4) is 0 Å². The maximum Gasteiger partial charge on any atom is 0.284 e. The molecule has 0 aliphatic rings. The zero-order valence-electron chi connectivity index (χ0n) is 7.08. The summed E-state index contributed by atoms with van der Waals surface area (Å²) >= 11 is 6.52. The molecule has 0 aliphatic carbocycles. The van der Waals surface area contributed by atoms with Gasteiger partial charge in [-0.25, -0.2) is 0 Å². The van der Waals surface area contributed by atoms with Crippen LogP contribution in [0.4, 0.5) is 0 Å². The summed E-state index contributed by atoms with van der Waals surface area (Å²) in [6.45, 7) is 0. The number of hydrogen-bond acceptors (Lipinski definition) is 3. The first-order chi connectivity index (χ1) is 6.74. The SMILES string of the molecule is Brc1cccc(Cc2nnc(Br)o2)c1. The van der Waals surface area contributed by atoms with E-state index in [0.29, 0.717) is 17.1 Å². The maximum atomic E-state index is 5.21. The molecular weight excluding hydrogens is 312 g/mol. The molecule has 0 N–H and O–H groups in total. The smallest absolute Gasteiger partial charge is 0.284 e. The monoisotopic (exact) mass is 316 g/mol. The van der Waals surface area contributed by atoms with Gasteiger partial charge in [-0.1, -0.05) is 28.1 Å². The second kappa shape index (κ2) is 4.23. The Labute approximate surface area is 97.8 Å². The Morgan fingerprint density at radius 2 is 2.07 bits per heavy atom. The summed E-state index contributed by atoms with van der Waals surface area (Å²) in [6.07, 6.45) is 0.651. The van der Waals surface area contributed by atoms with Crippen LogP contribution in [0.1, 0.15) is 11.5 Å². The number of aromatic nitrogens is 2. The summed E-state index contributed by atoms with van der Waals surface area (Å²) in [5.74, 6) is 0.606. The molecule has 0 amide bonds. The lowest BCUT2D eigenvalue weighted by atomic mass is 10.1. The summed E-state index contributed by atoms with van der Waals surface area (Å²) in [5, 5.41) is 7.59. The lowest BCUT2D eigenvalue weighted by Crippen LogP contribution is -1.87. The quantitative estimate of drug-likeness (QED) is 0.854. The third-order valence-electron chi connectivity index (χ3n) is 1.69. The molecule has 0 saturated heterocycles. The minimum Gasteiger partial charge on any atom is -0.415 e. The average Bonchev–Trinajstić information content (AvgIpc) is 2.51. The molecule has 5 heteroatoms. The third kappa shape index (κ3) is 2.42. The second-order valence-corrected chi connectivity index (χ2v) is 4.35. The lowest BCUT2D eigenvalue weighted by molar-refractivity contribution is 0.482. The normalized spacial score (nSPS) is 10.4. The fourth-order valence-electron chi connectivity index (χ4n) is 1.13. The summed E-state index contributed by atoms with van der Waals surface area (Å²) in [6, 6.07) is 8.00. The standard InChI is InChI=1S/C9H6Br2N2O/c10-7-3-1-2-6(4-7)5-8-12-13-9(11)14-8/h1-4H,5H2. The molecule has 0 aliphatic heterocycles. The van der Waals surface area contributed by atoms with Crippen molar-refractivity contribution in [3.8, 4) is 0 Å². The van der Waals surface area contributed by atoms with Gasteiger partial charge >= 0.3 is 0 Å². The van der Waals surface area contributed by atoms with Crippen LogP contribution >= 0.6 is 31.9 Å². The van der Waals surface area contributed by atoms with Gasteiger partial charge in [0.15, 0.2) is 0 Å². The van der Waals surface area contributed by atoms with Gasteiger partial charge in [-0.3, -0.25) is 0 Å². The summed E-state index contributed by atoms with van der Waals surface area (Å²) in [5.41, 5.74) is 1.13. The van der Waals surface area contributed by atoms with E-state index in [4.69, 9.17) is 4.42 Å². The van der Waals surface area contributed by atoms with Gasteiger partial charge in [0, 0.05) is 20.4 Å². The molecule has 1 aromatic heterocycles. The molecule has 3 nitrogen and oxygen atoms in total. The van der Waals surface area contributed by atoms with Crippen molar-refractivity contribution in [2.75, 3.05) is 0 Å². The van der Waals surface area contributed by atoms with E-state index in [2.05, 4.69) is 42.1 Å². The molecule has 14 heavy (non-hydrogen) atoms. The molecule has 72 valence electrons. The molecule has 0 atom stereocenters. The number of rotatable bonds is 2. The highest BCUT2D eigenvalue weighted by molar-refractivity contribution is 9.10. The molecule has 0 saturated carbocycles. The zero-order chi connectivity index (χ0) is 9.97. The highest BCUT2D eigenvalue weighted by atomic mass is 79.9. The van der Waals surface area contributed by atoms with Crippen LogP contribution in [0.5, 0.6) is 0 Å². The minimum absolute atomic E-state index is 0.419. The van der Waals surface area contributed by atoms with Gasteiger partial charge < -0.3 is 4.42 Å².